The Morgan fingerprint density at radius 2 is 1.92 bits per heavy atom. The largest absolute Gasteiger partial charge is 0.370 e. The number of ether oxygens (including phenoxy) is 1. The number of hydrogen-bond acceptors (Lipinski definition) is 2. The predicted molar refractivity (Wildman–Crippen MR) is 94.2 cm³/mol. The molecule has 1 fully saturated rings. The van der Waals surface area contributed by atoms with Crippen LogP contribution in [0.15, 0.2) is 48.5 Å². The minimum absolute atomic E-state index is 0.0801. The lowest BCUT2D eigenvalue weighted by molar-refractivity contribution is -0.937. The van der Waals surface area contributed by atoms with Crippen molar-refractivity contribution in [3.8, 4) is 0 Å². The van der Waals surface area contributed by atoms with E-state index in [1.165, 1.54) is 17.0 Å². The molecule has 0 aliphatic carbocycles. The van der Waals surface area contributed by atoms with Gasteiger partial charge in [0.05, 0.1) is 19.8 Å². The molecule has 132 valence electrons. The second-order valence-corrected chi connectivity index (χ2v) is 6.45. The molecule has 2 N–H and O–H groups in total. The van der Waals surface area contributed by atoms with Gasteiger partial charge in [0, 0.05) is 11.1 Å². The standard InChI is InChI=1S/C20H23FN2O2/c1-15-3-2-4-17(13-15)20(24)22-14-19(23-9-11-25-12-10-23)16-5-7-18(21)8-6-16/h2-8,13,19H,9-12,14H2,1H3,(H,22,24)/p+1/t19-/m0/s1. The van der Waals surface area contributed by atoms with Crippen LogP contribution < -0.4 is 10.2 Å². The van der Waals surface area contributed by atoms with E-state index in [4.69, 9.17) is 4.74 Å². The fraction of sp³-hybridized carbons (Fsp3) is 0.350. The van der Waals surface area contributed by atoms with Crippen LogP contribution in [0.25, 0.3) is 0 Å². The van der Waals surface area contributed by atoms with Crippen molar-refractivity contribution in [1.82, 2.24) is 5.32 Å². The zero-order valence-corrected chi connectivity index (χ0v) is 14.4. The number of rotatable bonds is 5. The maximum atomic E-state index is 13.3. The van der Waals surface area contributed by atoms with Crippen molar-refractivity contribution in [2.75, 3.05) is 32.8 Å². The highest BCUT2D eigenvalue weighted by Gasteiger charge is 2.27. The molecule has 5 heteroatoms. The van der Waals surface area contributed by atoms with Crippen LogP contribution in [-0.4, -0.2) is 38.8 Å². The van der Waals surface area contributed by atoms with Crippen LogP contribution in [0.3, 0.4) is 0 Å². The fourth-order valence-corrected chi connectivity index (χ4v) is 3.26. The zero-order valence-electron chi connectivity index (χ0n) is 14.4. The van der Waals surface area contributed by atoms with Gasteiger partial charge in [-0.2, -0.15) is 0 Å². The van der Waals surface area contributed by atoms with E-state index in [-0.39, 0.29) is 17.8 Å². The first kappa shape index (κ1) is 17.6. The Bertz CT molecular complexity index is 712. The van der Waals surface area contributed by atoms with Gasteiger partial charge < -0.3 is 15.0 Å². The molecule has 1 amide bonds. The summed E-state index contributed by atoms with van der Waals surface area (Å²) in [5, 5.41) is 3.04. The molecule has 3 rings (SSSR count). The summed E-state index contributed by atoms with van der Waals surface area (Å²) in [5.41, 5.74) is 2.75. The molecule has 0 bridgehead atoms. The van der Waals surface area contributed by atoms with Crippen molar-refractivity contribution in [2.24, 2.45) is 0 Å². The summed E-state index contributed by atoms with van der Waals surface area (Å²) < 4.78 is 18.7. The van der Waals surface area contributed by atoms with Crippen molar-refractivity contribution in [3.63, 3.8) is 0 Å². The average Bonchev–Trinajstić information content (AvgIpc) is 2.64. The first-order chi connectivity index (χ1) is 12.1. The highest BCUT2D eigenvalue weighted by Crippen LogP contribution is 2.12. The van der Waals surface area contributed by atoms with Gasteiger partial charge in [0.2, 0.25) is 0 Å². The quantitative estimate of drug-likeness (QED) is 0.864. The van der Waals surface area contributed by atoms with Gasteiger partial charge in [-0.3, -0.25) is 4.79 Å². The summed E-state index contributed by atoms with van der Waals surface area (Å²) in [6.07, 6.45) is 0. The summed E-state index contributed by atoms with van der Waals surface area (Å²) in [6.45, 7) is 5.64. The third kappa shape index (κ3) is 4.65. The second kappa shape index (κ2) is 8.23. The molecule has 2 aromatic carbocycles. The number of quaternary nitrogens is 1. The van der Waals surface area contributed by atoms with Crippen LogP contribution >= 0.6 is 0 Å². The van der Waals surface area contributed by atoms with Gasteiger partial charge in [0.1, 0.15) is 24.9 Å². The van der Waals surface area contributed by atoms with Crippen LogP contribution in [0, 0.1) is 12.7 Å². The first-order valence-corrected chi connectivity index (χ1v) is 8.66. The Morgan fingerprint density at radius 3 is 2.60 bits per heavy atom. The van der Waals surface area contributed by atoms with Gasteiger partial charge in [-0.05, 0) is 31.2 Å². The van der Waals surface area contributed by atoms with Crippen LogP contribution in [0.2, 0.25) is 0 Å². The molecule has 0 spiro atoms. The molecule has 1 aliphatic rings. The van der Waals surface area contributed by atoms with Crippen LogP contribution in [0.4, 0.5) is 4.39 Å². The van der Waals surface area contributed by atoms with E-state index in [2.05, 4.69) is 5.32 Å². The van der Waals surface area contributed by atoms with Gasteiger partial charge in [-0.1, -0.05) is 29.8 Å². The molecule has 2 aromatic rings. The lowest BCUT2D eigenvalue weighted by atomic mass is 10.0. The number of carbonyl (C=O) groups excluding carboxylic acids is 1. The Kier molecular flexibility index (Phi) is 5.79. The number of nitrogens with one attached hydrogen (secondary N) is 2. The highest BCUT2D eigenvalue weighted by atomic mass is 19.1. The average molecular weight is 343 g/mol. The maximum absolute atomic E-state index is 13.3. The molecule has 0 unspecified atom stereocenters. The maximum Gasteiger partial charge on any atom is 0.251 e. The van der Waals surface area contributed by atoms with Gasteiger partial charge in [0.15, 0.2) is 0 Å². The fourth-order valence-electron chi connectivity index (χ4n) is 3.26. The minimum Gasteiger partial charge on any atom is -0.370 e. The van der Waals surface area contributed by atoms with E-state index in [0.717, 1.165) is 24.2 Å². The van der Waals surface area contributed by atoms with Crippen molar-refractivity contribution < 1.29 is 18.8 Å². The molecular weight excluding hydrogens is 319 g/mol. The number of benzene rings is 2. The van der Waals surface area contributed by atoms with E-state index in [1.807, 2.05) is 31.2 Å². The molecule has 0 saturated carbocycles. The molecule has 1 aliphatic heterocycles. The third-order valence-electron chi connectivity index (χ3n) is 4.65. The Morgan fingerprint density at radius 1 is 1.20 bits per heavy atom. The Labute approximate surface area is 147 Å². The number of amides is 1. The third-order valence-corrected chi connectivity index (χ3v) is 4.65. The van der Waals surface area contributed by atoms with E-state index >= 15 is 0 Å². The van der Waals surface area contributed by atoms with E-state index in [9.17, 15) is 9.18 Å². The zero-order chi connectivity index (χ0) is 17.6. The predicted octanol–water partition coefficient (Wildman–Crippen LogP) is 1.52. The van der Waals surface area contributed by atoms with Crippen LogP contribution in [0.1, 0.15) is 27.5 Å². The van der Waals surface area contributed by atoms with Gasteiger partial charge >= 0.3 is 0 Å². The molecule has 4 nitrogen and oxygen atoms in total. The summed E-state index contributed by atoms with van der Waals surface area (Å²) in [7, 11) is 0. The van der Waals surface area contributed by atoms with Crippen LogP contribution in [-0.2, 0) is 4.74 Å². The lowest BCUT2D eigenvalue weighted by Gasteiger charge is -2.32. The number of halogens is 1. The topological polar surface area (TPSA) is 42.8 Å². The van der Waals surface area contributed by atoms with Crippen molar-refractivity contribution >= 4 is 5.91 Å². The van der Waals surface area contributed by atoms with Crippen LogP contribution in [0.5, 0.6) is 0 Å². The summed E-state index contributed by atoms with van der Waals surface area (Å²) >= 11 is 0. The molecule has 1 saturated heterocycles. The molecule has 0 radical (unpaired) electrons. The Balaban J connectivity index is 1.73. The Hall–Kier alpha value is -2.24. The molecule has 1 heterocycles. The van der Waals surface area contributed by atoms with Crippen molar-refractivity contribution in [2.45, 2.75) is 13.0 Å². The molecular formula is C20H24FN2O2+. The number of aryl methyl sites for hydroxylation is 1. The summed E-state index contributed by atoms with van der Waals surface area (Å²) in [5.74, 6) is -0.327. The van der Waals surface area contributed by atoms with E-state index in [1.54, 1.807) is 12.1 Å². The molecule has 0 aromatic heterocycles. The van der Waals surface area contributed by atoms with Crippen molar-refractivity contribution in [3.05, 3.63) is 71.0 Å². The SMILES string of the molecule is Cc1cccc(C(=O)NC[C@@H](c2ccc(F)cc2)[NH+]2CCOCC2)c1. The lowest BCUT2D eigenvalue weighted by Crippen LogP contribution is -3.15. The van der Waals surface area contributed by atoms with Gasteiger partial charge in [-0.15, -0.1) is 0 Å². The monoisotopic (exact) mass is 343 g/mol. The van der Waals surface area contributed by atoms with E-state index < -0.39 is 0 Å². The highest BCUT2D eigenvalue weighted by molar-refractivity contribution is 5.94. The number of hydrogen-bond donors (Lipinski definition) is 2. The summed E-state index contributed by atoms with van der Waals surface area (Å²) in [4.78, 5) is 13.8. The smallest absolute Gasteiger partial charge is 0.251 e. The van der Waals surface area contributed by atoms with Gasteiger partial charge in [0.25, 0.3) is 5.91 Å². The normalized spacial score (nSPS) is 16.4. The van der Waals surface area contributed by atoms with Gasteiger partial charge in [-0.25, -0.2) is 4.39 Å². The summed E-state index contributed by atoms with van der Waals surface area (Å²) in [6, 6.07) is 14.2. The molecule has 1 atom stereocenters. The minimum atomic E-state index is -0.247. The number of morpholine rings is 1. The first-order valence-electron chi connectivity index (χ1n) is 8.66. The van der Waals surface area contributed by atoms with Crippen molar-refractivity contribution in [1.29, 1.82) is 0 Å². The number of carbonyl (C=O) groups is 1. The second-order valence-electron chi connectivity index (χ2n) is 6.45. The molecule has 25 heavy (non-hydrogen) atoms. The van der Waals surface area contributed by atoms with E-state index in [0.29, 0.717) is 25.3 Å².